The van der Waals surface area contributed by atoms with Gasteiger partial charge in [0.25, 0.3) is 0 Å². The van der Waals surface area contributed by atoms with E-state index in [2.05, 4.69) is 24.1 Å². The molecule has 1 heterocycles. The van der Waals surface area contributed by atoms with Gasteiger partial charge in [-0.3, -0.25) is 0 Å². The highest BCUT2D eigenvalue weighted by atomic mass is 35.5. The Morgan fingerprint density at radius 1 is 1.40 bits per heavy atom. The van der Waals surface area contributed by atoms with E-state index in [-0.39, 0.29) is 0 Å². The van der Waals surface area contributed by atoms with E-state index in [4.69, 9.17) is 11.6 Å². The molecule has 0 aliphatic heterocycles. The molecular formula is C13H16ClN. The zero-order valence-corrected chi connectivity index (χ0v) is 10.2. The number of hydrogen-bond donors (Lipinski definition) is 0. The van der Waals surface area contributed by atoms with Gasteiger partial charge in [0.15, 0.2) is 0 Å². The van der Waals surface area contributed by atoms with Crippen LogP contribution in [0.3, 0.4) is 0 Å². The highest BCUT2D eigenvalue weighted by Crippen LogP contribution is 2.19. The first-order valence-corrected chi connectivity index (χ1v) is 5.52. The standard InChI is InChI=1S/C13H16ClN/c1-4-6-7-8-12-9-11(5-2)13(14)15-10(12)3/h4,6-9H,5H2,1-3H3/b6-4-,8-7-. The first-order chi connectivity index (χ1) is 7.19. The molecule has 0 unspecified atom stereocenters. The van der Waals surface area contributed by atoms with Crippen LogP contribution in [0.15, 0.2) is 24.3 Å². The van der Waals surface area contributed by atoms with Crippen LogP contribution in [-0.2, 0) is 6.42 Å². The fraction of sp³-hybridized carbons (Fsp3) is 0.308. The molecular weight excluding hydrogens is 206 g/mol. The summed E-state index contributed by atoms with van der Waals surface area (Å²) in [5.41, 5.74) is 3.20. The number of aryl methyl sites for hydroxylation is 2. The Morgan fingerprint density at radius 3 is 2.73 bits per heavy atom. The van der Waals surface area contributed by atoms with Gasteiger partial charge in [-0.1, -0.05) is 42.8 Å². The Balaban J connectivity index is 3.07. The van der Waals surface area contributed by atoms with Crippen LogP contribution in [0.2, 0.25) is 5.15 Å². The molecule has 15 heavy (non-hydrogen) atoms. The number of allylic oxidation sites excluding steroid dienone is 3. The van der Waals surface area contributed by atoms with Gasteiger partial charge in [0.1, 0.15) is 5.15 Å². The SMILES string of the molecule is C/C=C\C=C/c1cc(CC)c(Cl)nc1C. The Hall–Kier alpha value is -1.08. The fourth-order valence-electron chi connectivity index (χ4n) is 1.32. The van der Waals surface area contributed by atoms with E-state index in [0.717, 1.165) is 23.2 Å². The van der Waals surface area contributed by atoms with Gasteiger partial charge >= 0.3 is 0 Å². The summed E-state index contributed by atoms with van der Waals surface area (Å²) in [7, 11) is 0. The van der Waals surface area contributed by atoms with Crippen LogP contribution in [-0.4, -0.2) is 4.98 Å². The number of aromatic nitrogens is 1. The Kier molecular flexibility index (Phi) is 4.57. The predicted octanol–water partition coefficient (Wildman–Crippen LogP) is 4.20. The minimum atomic E-state index is 0.623. The lowest BCUT2D eigenvalue weighted by Gasteiger charge is -2.05. The van der Waals surface area contributed by atoms with Gasteiger partial charge in [0.2, 0.25) is 0 Å². The van der Waals surface area contributed by atoms with Crippen molar-refractivity contribution in [1.29, 1.82) is 0 Å². The summed E-state index contributed by atoms with van der Waals surface area (Å²) < 4.78 is 0. The average Bonchev–Trinajstić information content (AvgIpc) is 2.21. The molecule has 0 aromatic carbocycles. The van der Waals surface area contributed by atoms with Crippen molar-refractivity contribution >= 4 is 17.7 Å². The number of pyridine rings is 1. The molecule has 0 saturated heterocycles. The first kappa shape index (κ1) is 12.0. The Labute approximate surface area is 96.5 Å². The van der Waals surface area contributed by atoms with E-state index in [0.29, 0.717) is 5.15 Å². The zero-order chi connectivity index (χ0) is 11.3. The first-order valence-electron chi connectivity index (χ1n) is 5.14. The maximum atomic E-state index is 6.01. The molecule has 1 nitrogen and oxygen atoms in total. The highest BCUT2D eigenvalue weighted by molar-refractivity contribution is 6.30. The van der Waals surface area contributed by atoms with Gasteiger partial charge in [-0.05, 0) is 37.5 Å². The molecule has 0 spiro atoms. The molecule has 2 heteroatoms. The predicted molar refractivity (Wildman–Crippen MR) is 67.2 cm³/mol. The van der Waals surface area contributed by atoms with Gasteiger partial charge in [-0.15, -0.1) is 0 Å². The van der Waals surface area contributed by atoms with E-state index < -0.39 is 0 Å². The summed E-state index contributed by atoms with van der Waals surface area (Å²) in [5, 5.41) is 0.623. The monoisotopic (exact) mass is 221 g/mol. The maximum Gasteiger partial charge on any atom is 0.132 e. The van der Waals surface area contributed by atoms with E-state index in [1.807, 2.05) is 32.1 Å². The smallest absolute Gasteiger partial charge is 0.132 e. The van der Waals surface area contributed by atoms with Crippen LogP contribution in [0.4, 0.5) is 0 Å². The van der Waals surface area contributed by atoms with Gasteiger partial charge in [0.05, 0.1) is 0 Å². The third-order valence-corrected chi connectivity index (χ3v) is 2.57. The van der Waals surface area contributed by atoms with Crippen molar-refractivity contribution in [2.24, 2.45) is 0 Å². The van der Waals surface area contributed by atoms with E-state index >= 15 is 0 Å². The highest BCUT2D eigenvalue weighted by Gasteiger charge is 2.03. The minimum absolute atomic E-state index is 0.623. The van der Waals surface area contributed by atoms with Crippen LogP contribution in [0, 0.1) is 6.92 Å². The molecule has 1 aromatic heterocycles. The molecule has 80 valence electrons. The summed E-state index contributed by atoms with van der Waals surface area (Å²) >= 11 is 6.01. The van der Waals surface area contributed by atoms with Crippen LogP contribution in [0.25, 0.3) is 6.08 Å². The number of hydrogen-bond acceptors (Lipinski definition) is 1. The second kappa shape index (κ2) is 5.72. The second-order valence-corrected chi connectivity index (χ2v) is 3.71. The van der Waals surface area contributed by atoms with Crippen molar-refractivity contribution in [2.75, 3.05) is 0 Å². The van der Waals surface area contributed by atoms with Crippen molar-refractivity contribution in [2.45, 2.75) is 27.2 Å². The van der Waals surface area contributed by atoms with Crippen molar-refractivity contribution in [3.8, 4) is 0 Å². The van der Waals surface area contributed by atoms with Crippen molar-refractivity contribution in [1.82, 2.24) is 4.98 Å². The van der Waals surface area contributed by atoms with Crippen LogP contribution in [0.5, 0.6) is 0 Å². The normalized spacial score (nSPS) is 11.7. The van der Waals surface area contributed by atoms with E-state index in [1.165, 1.54) is 0 Å². The van der Waals surface area contributed by atoms with Crippen molar-refractivity contribution in [3.63, 3.8) is 0 Å². The summed E-state index contributed by atoms with van der Waals surface area (Å²) in [6.07, 6.45) is 8.97. The molecule has 0 bridgehead atoms. The average molecular weight is 222 g/mol. The largest absolute Gasteiger partial charge is 0.241 e. The van der Waals surface area contributed by atoms with Crippen molar-refractivity contribution in [3.05, 3.63) is 46.3 Å². The van der Waals surface area contributed by atoms with Gasteiger partial charge in [-0.25, -0.2) is 4.98 Å². The van der Waals surface area contributed by atoms with Crippen molar-refractivity contribution < 1.29 is 0 Å². The molecule has 0 atom stereocenters. The third kappa shape index (κ3) is 3.21. The molecule has 0 aliphatic rings. The molecule has 0 radical (unpaired) electrons. The van der Waals surface area contributed by atoms with E-state index in [9.17, 15) is 0 Å². The molecule has 0 fully saturated rings. The van der Waals surface area contributed by atoms with Crippen LogP contribution >= 0.6 is 11.6 Å². The van der Waals surface area contributed by atoms with Crippen LogP contribution < -0.4 is 0 Å². The van der Waals surface area contributed by atoms with Gasteiger partial charge < -0.3 is 0 Å². The maximum absolute atomic E-state index is 6.01. The van der Waals surface area contributed by atoms with Crippen LogP contribution in [0.1, 0.15) is 30.7 Å². The molecule has 1 rings (SSSR count). The number of rotatable bonds is 3. The lowest BCUT2D eigenvalue weighted by Crippen LogP contribution is -1.93. The quantitative estimate of drug-likeness (QED) is 0.551. The lowest BCUT2D eigenvalue weighted by molar-refractivity contribution is 1.07. The fourth-order valence-corrected chi connectivity index (χ4v) is 1.64. The van der Waals surface area contributed by atoms with Gasteiger partial charge in [0, 0.05) is 5.69 Å². The number of nitrogens with zero attached hydrogens (tertiary/aromatic N) is 1. The Bertz CT molecular complexity index is 392. The Morgan fingerprint density at radius 2 is 2.13 bits per heavy atom. The lowest BCUT2D eigenvalue weighted by atomic mass is 10.1. The van der Waals surface area contributed by atoms with E-state index in [1.54, 1.807) is 0 Å². The minimum Gasteiger partial charge on any atom is -0.241 e. The molecule has 1 aromatic rings. The summed E-state index contributed by atoms with van der Waals surface area (Å²) in [6, 6.07) is 2.10. The zero-order valence-electron chi connectivity index (χ0n) is 9.42. The summed E-state index contributed by atoms with van der Waals surface area (Å²) in [5.74, 6) is 0. The summed E-state index contributed by atoms with van der Waals surface area (Å²) in [6.45, 7) is 6.05. The topological polar surface area (TPSA) is 12.9 Å². The molecule has 0 N–H and O–H groups in total. The number of halogens is 1. The molecule has 0 aliphatic carbocycles. The summed E-state index contributed by atoms with van der Waals surface area (Å²) in [4.78, 5) is 4.31. The van der Waals surface area contributed by atoms with Gasteiger partial charge in [-0.2, -0.15) is 0 Å². The third-order valence-electron chi connectivity index (χ3n) is 2.24. The second-order valence-electron chi connectivity index (χ2n) is 3.35. The molecule has 0 amide bonds. The molecule has 0 saturated carbocycles.